The molecule has 1 aliphatic heterocycles. The third-order valence-corrected chi connectivity index (χ3v) is 6.16. The topological polar surface area (TPSA) is 37.4 Å². The molecule has 0 aromatic rings. The molecule has 0 atom stereocenters. The average Bonchev–Trinajstić information content (AvgIpc) is 3.15. The van der Waals surface area contributed by atoms with E-state index in [1.54, 1.807) is 13.8 Å². The van der Waals surface area contributed by atoms with Crippen LogP contribution in [-0.4, -0.2) is 36.1 Å². The van der Waals surface area contributed by atoms with E-state index in [4.69, 9.17) is 0 Å². The van der Waals surface area contributed by atoms with Crippen LogP contribution in [-0.2, 0) is 9.59 Å². The molecule has 1 heterocycles. The highest BCUT2D eigenvalue weighted by atomic mass is 16.1. The van der Waals surface area contributed by atoms with Crippen LogP contribution in [0.3, 0.4) is 0 Å². The molecule has 0 spiro atoms. The molecule has 3 heteroatoms. The van der Waals surface area contributed by atoms with Gasteiger partial charge in [0, 0.05) is 22.3 Å². The minimum atomic E-state index is 0.0611. The fraction of sp³-hybridized carbons (Fsp3) is 0.739. The number of rotatable bonds is 11. The molecule has 1 saturated heterocycles. The fourth-order valence-electron chi connectivity index (χ4n) is 4.16. The Bertz CT molecular complexity index is 565. The lowest BCUT2D eigenvalue weighted by atomic mass is 9.84. The second-order valence-electron chi connectivity index (χ2n) is 8.14. The first-order valence-electron chi connectivity index (χ1n) is 10.7. The highest BCUT2D eigenvalue weighted by Gasteiger charge is 2.27. The minimum Gasteiger partial charge on any atom is -0.303 e. The van der Waals surface area contributed by atoms with Gasteiger partial charge in [0.05, 0.1) is 0 Å². The van der Waals surface area contributed by atoms with Crippen LogP contribution in [0.4, 0.5) is 0 Å². The number of allylic oxidation sites excluding steroid dienone is 4. The molecule has 0 bridgehead atoms. The number of ketones is 2. The first-order chi connectivity index (χ1) is 12.5. The van der Waals surface area contributed by atoms with Gasteiger partial charge in [-0.25, -0.2) is 0 Å². The maximum absolute atomic E-state index is 12.4. The summed E-state index contributed by atoms with van der Waals surface area (Å²) in [7, 11) is 0. The first kappa shape index (κ1) is 21.1. The SMILES string of the molecule is CC1=C(C)C(=O)C(CCCCCCCCCCN2CCCC2)=C(C)C1=O. The summed E-state index contributed by atoms with van der Waals surface area (Å²) in [6, 6.07) is 0. The zero-order chi connectivity index (χ0) is 18.9. The van der Waals surface area contributed by atoms with Crippen LogP contribution in [0.5, 0.6) is 0 Å². The van der Waals surface area contributed by atoms with Gasteiger partial charge in [-0.05, 0) is 72.5 Å². The summed E-state index contributed by atoms with van der Waals surface area (Å²) >= 11 is 0. The van der Waals surface area contributed by atoms with Gasteiger partial charge in [-0.2, -0.15) is 0 Å². The second kappa shape index (κ2) is 10.8. The van der Waals surface area contributed by atoms with Crippen molar-refractivity contribution in [2.75, 3.05) is 19.6 Å². The maximum atomic E-state index is 12.4. The van der Waals surface area contributed by atoms with Gasteiger partial charge in [-0.15, -0.1) is 0 Å². The number of unbranched alkanes of at least 4 members (excludes halogenated alkanes) is 7. The summed E-state index contributed by atoms with van der Waals surface area (Å²) < 4.78 is 0. The van der Waals surface area contributed by atoms with E-state index in [1.807, 2.05) is 6.92 Å². The zero-order valence-electron chi connectivity index (χ0n) is 17.2. The Balaban J connectivity index is 1.51. The van der Waals surface area contributed by atoms with Crippen molar-refractivity contribution >= 4 is 11.6 Å². The average molecular weight is 360 g/mol. The van der Waals surface area contributed by atoms with Crippen LogP contribution < -0.4 is 0 Å². The van der Waals surface area contributed by atoms with Crippen LogP contribution in [0.15, 0.2) is 22.3 Å². The van der Waals surface area contributed by atoms with Crippen LogP contribution >= 0.6 is 0 Å². The van der Waals surface area contributed by atoms with Gasteiger partial charge in [-0.3, -0.25) is 9.59 Å². The Morgan fingerprint density at radius 3 is 1.77 bits per heavy atom. The quantitative estimate of drug-likeness (QED) is 0.366. The standard InChI is InChI=1S/C23H37NO2/c1-18-19(2)23(26)21(20(3)22(18)25)14-10-8-6-4-5-7-9-11-15-24-16-12-13-17-24/h4-17H2,1-3H3. The van der Waals surface area contributed by atoms with Crippen molar-refractivity contribution < 1.29 is 9.59 Å². The summed E-state index contributed by atoms with van der Waals surface area (Å²) in [4.78, 5) is 27.2. The van der Waals surface area contributed by atoms with Crippen LogP contribution in [0.25, 0.3) is 0 Å². The summed E-state index contributed by atoms with van der Waals surface area (Å²) in [6.45, 7) is 9.30. The predicted molar refractivity (Wildman–Crippen MR) is 108 cm³/mol. The van der Waals surface area contributed by atoms with Gasteiger partial charge in [0.15, 0.2) is 11.6 Å². The second-order valence-corrected chi connectivity index (χ2v) is 8.14. The Morgan fingerprint density at radius 1 is 0.654 bits per heavy atom. The lowest BCUT2D eigenvalue weighted by Crippen LogP contribution is -2.20. The molecule has 146 valence electrons. The van der Waals surface area contributed by atoms with Gasteiger partial charge in [0.2, 0.25) is 0 Å². The molecule has 0 aromatic carbocycles. The molecule has 1 aliphatic carbocycles. The van der Waals surface area contributed by atoms with E-state index in [1.165, 1.54) is 71.0 Å². The van der Waals surface area contributed by atoms with Crippen molar-refractivity contribution in [3.05, 3.63) is 22.3 Å². The summed E-state index contributed by atoms with van der Waals surface area (Å²) in [5.74, 6) is 0.156. The van der Waals surface area contributed by atoms with Gasteiger partial charge < -0.3 is 4.90 Å². The Kier molecular flexibility index (Phi) is 8.77. The molecule has 0 saturated carbocycles. The Labute approximate surface area is 159 Å². The van der Waals surface area contributed by atoms with E-state index in [2.05, 4.69) is 4.90 Å². The molecule has 1 fully saturated rings. The van der Waals surface area contributed by atoms with Crippen molar-refractivity contribution in [1.29, 1.82) is 0 Å². The minimum absolute atomic E-state index is 0.0611. The Hall–Kier alpha value is -1.22. The van der Waals surface area contributed by atoms with E-state index in [-0.39, 0.29) is 11.6 Å². The van der Waals surface area contributed by atoms with Crippen LogP contribution in [0.1, 0.15) is 91.4 Å². The zero-order valence-corrected chi connectivity index (χ0v) is 17.2. The van der Waals surface area contributed by atoms with Gasteiger partial charge in [0.25, 0.3) is 0 Å². The smallest absolute Gasteiger partial charge is 0.185 e. The van der Waals surface area contributed by atoms with E-state index in [9.17, 15) is 9.59 Å². The molecule has 2 aliphatic rings. The normalized spacial score (nSPS) is 19.2. The van der Waals surface area contributed by atoms with Crippen LogP contribution in [0, 0.1) is 0 Å². The van der Waals surface area contributed by atoms with E-state index in [0.29, 0.717) is 16.7 Å². The van der Waals surface area contributed by atoms with Gasteiger partial charge in [-0.1, -0.05) is 38.5 Å². The van der Waals surface area contributed by atoms with Gasteiger partial charge >= 0.3 is 0 Å². The van der Waals surface area contributed by atoms with Crippen molar-refractivity contribution in [1.82, 2.24) is 4.90 Å². The number of nitrogens with zero attached hydrogens (tertiary/aromatic N) is 1. The third kappa shape index (κ3) is 5.90. The number of Topliss-reactive ketones (excluding diaryl/α,β-unsaturated/α-hetero) is 2. The summed E-state index contributed by atoms with van der Waals surface area (Å²) in [5.41, 5.74) is 2.71. The highest BCUT2D eigenvalue weighted by molar-refractivity contribution is 6.24. The predicted octanol–water partition coefficient (Wildman–Crippen LogP) is 5.40. The Morgan fingerprint density at radius 2 is 1.15 bits per heavy atom. The molecule has 0 radical (unpaired) electrons. The molecular weight excluding hydrogens is 322 g/mol. The van der Waals surface area contributed by atoms with E-state index >= 15 is 0 Å². The lowest BCUT2D eigenvalue weighted by Gasteiger charge is -2.18. The van der Waals surface area contributed by atoms with Crippen molar-refractivity contribution in [3.8, 4) is 0 Å². The summed E-state index contributed by atoms with van der Waals surface area (Å²) in [5, 5.41) is 0. The van der Waals surface area contributed by atoms with Crippen molar-refractivity contribution in [2.45, 2.75) is 91.4 Å². The first-order valence-corrected chi connectivity index (χ1v) is 10.7. The molecule has 0 aromatic heterocycles. The van der Waals surface area contributed by atoms with Gasteiger partial charge in [0.1, 0.15) is 0 Å². The number of likely N-dealkylation sites (tertiary alicyclic amines) is 1. The summed E-state index contributed by atoms with van der Waals surface area (Å²) in [6.07, 6.45) is 13.7. The van der Waals surface area contributed by atoms with Crippen molar-refractivity contribution in [2.24, 2.45) is 0 Å². The molecule has 0 unspecified atom stereocenters. The highest BCUT2D eigenvalue weighted by Crippen LogP contribution is 2.27. The van der Waals surface area contributed by atoms with E-state index < -0.39 is 0 Å². The number of hydrogen-bond acceptors (Lipinski definition) is 3. The van der Waals surface area contributed by atoms with Crippen molar-refractivity contribution in [3.63, 3.8) is 0 Å². The molecule has 26 heavy (non-hydrogen) atoms. The lowest BCUT2D eigenvalue weighted by molar-refractivity contribution is -0.116. The van der Waals surface area contributed by atoms with E-state index in [0.717, 1.165) is 24.8 Å². The number of hydrogen-bond donors (Lipinski definition) is 0. The monoisotopic (exact) mass is 359 g/mol. The molecule has 3 nitrogen and oxygen atoms in total. The molecule has 0 amide bonds. The number of carbonyl (C=O) groups is 2. The maximum Gasteiger partial charge on any atom is 0.185 e. The number of carbonyl (C=O) groups excluding carboxylic acids is 2. The molecule has 2 rings (SSSR count). The molecular formula is C23H37NO2. The largest absolute Gasteiger partial charge is 0.303 e. The van der Waals surface area contributed by atoms with Crippen LogP contribution in [0.2, 0.25) is 0 Å². The molecule has 0 N–H and O–H groups in total. The fourth-order valence-corrected chi connectivity index (χ4v) is 4.16. The third-order valence-electron chi connectivity index (χ3n) is 6.16.